The van der Waals surface area contributed by atoms with Crippen LogP contribution < -0.4 is 16.0 Å². The van der Waals surface area contributed by atoms with Crippen LogP contribution in [0.2, 0.25) is 0 Å². The van der Waals surface area contributed by atoms with E-state index in [9.17, 15) is 14.4 Å². The first-order valence-corrected chi connectivity index (χ1v) is 9.68. The predicted molar refractivity (Wildman–Crippen MR) is 105 cm³/mol. The molecule has 6 nitrogen and oxygen atoms in total. The molecule has 1 aliphatic rings. The van der Waals surface area contributed by atoms with Crippen molar-refractivity contribution in [3.63, 3.8) is 0 Å². The van der Waals surface area contributed by atoms with Crippen molar-refractivity contribution in [1.82, 2.24) is 10.6 Å². The van der Waals surface area contributed by atoms with E-state index in [1.807, 2.05) is 42.5 Å². The fourth-order valence-corrected chi connectivity index (χ4v) is 3.84. The molecular formula is C20H21N3O3S. The van der Waals surface area contributed by atoms with Crippen LogP contribution in [0.15, 0.2) is 59.5 Å². The summed E-state index contributed by atoms with van der Waals surface area (Å²) in [5.41, 5.74) is 1.92. The Hall–Kier alpha value is -2.80. The number of carbonyl (C=O) groups excluding carboxylic acids is 3. The van der Waals surface area contributed by atoms with Gasteiger partial charge >= 0.3 is 6.03 Å². The largest absolute Gasteiger partial charge is 0.335 e. The molecule has 0 aliphatic carbocycles. The van der Waals surface area contributed by atoms with Crippen molar-refractivity contribution in [1.29, 1.82) is 0 Å². The van der Waals surface area contributed by atoms with E-state index in [-0.39, 0.29) is 18.4 Å². The number of nitrogens with one attached hydrogen (secondary N) is 3. The zero-order valence-corrected chi connectivity index (χ0v) is 15.7. The highest BCUT2D eigenvalue weighted by Gasteiger charge is 2.34. The van der Waals surface area contributed by atoms with E-state index >= 15 is 0 Å². The quantitative estimate of drug-likeness (QED) is 0.669. The minimum Gasteiger partial charge on any atom is -0.335 e. The minimum absolute atomic E-state index is 0.00493. The summed E-state index contributed by atoms with van der Waals surface area (Å²) >= 11 is 1.64. The molecule has 140 valence electrons. The van der Waals surface area contributed by atoms with Gasteiger partial charge in [0, 0.05) is 23.1 Å². The second-order valence-electron chi connectivity index (χ2n) is 6.38. The SMILES string of the molecule is CC1NC(=O)NC(=O)C1CC(=O)Nc1ccccc1SCc1ccccc1. The number of urea groups is 1. The van der Waals surface area contributed by atoms with Crippen LogP contribution in [-0.2, 0) is 15.3 Å². The smallest absolute Gasteiger partial charge is 0.321 e. The fraction of sp³-hybridized carbons (Fsp3) is 0.250. The zero-order valence-electron chi connectivity index (χ0n) is 14.9. The molecule has 2 unspecified atom stereocenters. The number of imide groups is 1. The van der Waals surface area contributed by atoms with Crippen molar-refractivity contribution >= 4 is 35.3 Å². The lowest BCUT2D eigenvalue weighted by molar-refractivity contribution is -0.129. The molecule has 1 fully saturated rings. The molecule has 4 amide bonds. The number of rotatable bonds is 6. The average Bonchev–Trinajstić information content (AvgIpc) is 2.65. The number of thioether (sulfide) groups is 1. The maximum atomic E-state index is 12.5. The molecule has 0 bridgehead atoms. The summed E-state index contributed by atoms with van der Waals surface area (Å²) in [6.07, 6.45) is 0.00493. The summed E-state index contributed by atoms with van der Waals surface area (Å²) in [5, 5.41) is 7.72. The van der Waals surface area contributed by atoms with Gasteiger partial charge in [-0.1, -0.05) is 42.5 Å². The Kier molecular flexibility index (Phi) is 6.13. The second kappa shape index (κ2) is 8.73. The van der Waals surface area contributed by atoms with Gasteiger partial charge in [-0.3, -0.25) is 14.9 Å². The number of hydrogen-bond acceptors (Lipinski definition) is 4. The Morgan fingerprint density at radius 2 is 1.78 bits per heavy atom. The molecule has 2 aromatic carbocycles. The van der Waals surface area contributed by atoms with Gasteiger partial charge in [-0.05, 0) is 24.6 Å². The van der Waals surface area contributed by atoms with E-state index in [0.717, 1.165) is 16.3 Å². The Labute approximate surface area is 162 Å². The zero-order chi connectivity index (χ0) is 19.2. The van der Waals surface area contributed by atoms with Gasteiger partial charge in [-0.2, -0.15) is 0 Å². The van der Waals surface area contributed by atoms with Crippen LogP contribution >= 0.6 is 11.8 Å². The molecule has 3 N–H and O–H groups in total. The molecule has 1 heterocycles. The lowest BCUT2D eigenvalue weighted by Crippen LogP contribution is -2.57. The number of amides is 4. The molecule has 1 saturated heterocycles. The van der Waals surface area contributed by atoms with Gasteiger partial charge in [-0.25, -0.2) is 4.79 Å². The van der Waals surface area contributed by atoms with Gasteiger partial charge in [0.05, 0.1) is 11.6 Å². The first-order valence-electron chi connectivity index (χ1n) is 8.70. The molecule has 27 heavy (non-hydrogen) atoms. The van der Waals surface area contributed by atoms with Crippen LogP contribution in [0, 0.1) is 5.92 Å². The first-order chi connectivity index (χ1) is 13.0. The van der Waals surface area contributed by atoms with Gasteiger partial charge in [-0.15, -0.1) is 11.8 Å². The van der Waals surface area contributed by atoms with Crippen LogP contribution in [0.3, 0.4) is 0 Å². The molecule has 2 aromatic rings. The Morgan fingerprint density at radius 1 is 1.07 bits per heavy atom. The number of benzene rings is 2. The van der Waals surface area contributed by atoms with Gasteiger partial charge in [0.25, 0.3) is 0 Å². The summed E-state index contributed by atoms with van der Waals surface area (Å²) in [7, 11) is 0. The Balaban J connectivity index is 1.62. The van der Waals surface area contributed by atoms with E-state index in [0.29, 0.717) is 0 Å². The maximum Gasteiger partial charge on any atom is 0.321 e. The highest BCUT2D eigenvalue weighted by atomic mass is 32.2. The molecule has 0 saturated carbocycles. The fourth-order valence-electron chi connectivity index (χ4n) is 2.88. The number of hydrogen-bond donors (Lipinski definition) is 3. The van der Waals surface area contributed by atoms with Crippen LogP contribution in [-0.4, -0.2) is 23.9 Å². The third-order valence-electron chi connectivity index (χ3n) is 4.34. The van der Waals surface area contributed by atoms with Gasteiger partial charge in [0.2, 0.25) is 11.8 Å². The normalized spacial score (nSPS) is 19.1. The van der Waals surface area contributed by atoms with Crippen LogP contribution in [0.1, 0.15) is 18.9 Å². The van der Waals surface area contributed by atoms with Gasteiger partial charge < -0.3 is 10.6 Å². The topological polar surface area (TPSA) is 87.3 Å². The van der Waals surface area contributed by atoms with Crippen molar-refractivity contribution in [2.75, 3.05) is 5.32 Å². The first kappa shape index (κ1) is 19.0. The molecule has 0 aromatic heterocycles. The number of anilines is 1. The van der Waals surface area contributed by atoms with E-state index in [1.54, 1.807) is 18.7 Å². The maximum absolute atomic E-state index is 12.5. The van der Waals surface area contributed by atoms with Crippen molar-refractivity contribution in [3.8, 4) is 0 Å². The molecule has 3 rings (SSSR count). The number of para-hydroxylation sites is 1. The minimum atomic E-state index is -0.591. The summed E-state index contributed by atoms with van der Waals surface area (Å²) in [5.74, 6) is -0.479. The van der Waals surface area contributed by atoms with Crippen molar-refractivity contribution < 1.29 is 14.4 Å². The van der Waals surface area contributed by atoms with Crippen LogP contribution in [0.25, 0.3) is 0 Å². The van der Waals surface area contributed by atoms with Crippen molar-refractivity contribution in [2.24, 2.45) is 5.92 Å². The molecule has 0 spiro atoms. The van der Waals surface area contributed by atoms with Crippen molar-refractivity contribution in [3.05, 3.63) is 60.2 Å². The van der Waals surface area contributed by atoms with E-state index < -0.39 is 17.9 Å². The van der Waals surface area contributed by atoms with E-state index in [1.165, 1.54) is 5.56 Å². The summed E-state index contributed by atoms with van der Waals surface area (Å²) in [6, 6.07) is 16.8. The van der Waals surface area contributed by atoms with Gasteiger partial charge in [0.15, 0.2) is 0 Å². The second-order valence-corrected chi connectivity index (χ2v) is 7.40. The lowest BCUT2D eigenvalue weighted by Gasteiger charge is -2.28. The Bertz CT molecular complexity index is 841. The molecular weight excluding hydrogens is 362 g/mol. The summed E-state index contributed by atoms with van der Waals surface area (Å²) < 4.78 is 0. The highest BCUT2D eigenvalue weighted by Crippen LogP contribution is 2.30. The monoisotopic (exact) mass is 383 g/mol. The third-order valence-corrected chi connectivity index (χ3v) is 5.48. The Morgan fingerprint density at radius 3 is 2.52 bits per heavy atom. The summed E-state index contributed by atoms with van der Waals surface area (Å²) in [6.45, 7) is 1.72. The number of carbonyl (C=O) groups is 3. The van der Waals surface area contributed by atoms with E-state index in [2.05, 4.69) is 28.1 Å². The summed E-state index contributed by atoms with van der Waals surface area (Å²) in [4.78, 5) is 36.7. The highest BCUT2D eigenvalue weighted by molar-refractivity contribution is 7.98. The van der Waals surface area contributed by atoms with Crippen LogP contribution in [0.4, 0.5) is 10.5 Å². The predicted octanol–water partition coefficient (Wildman–Crippen LogP) is 3.15. The van der Waals surface area contributed by atoms with Crippen molar-refractivity contribution in [2.45, 2.75) is 30.0 Å². The lowest BCUT2D eigenvalue weighted by atomic mass is 9.94. The van der Waals surface area contributed by atoms with E-state index in [4.69, 9.17) is 0 Å². The standard InChI is InChI=1S/C20H21N3O3S/c1-13-15(19(25)23-20(26)21-13)11-18(24)22-16-9-5-6-10-17(16)27-12-14-7-3-2-4-8-14/h2-10,13,15H,11-12H2,1H3,(H,22,24)(H2,21,23,25,26). The molecule has 7 heteroatoms. The molecule has 1 aliphatic heterocycles. The van der Waals surface area contributed by atoms with Crippen LogP contribution in [0.5, 0.6) is 0 Å². The van der Waals surface area contributed by atoms with Gasteiger partial charge in [0.1, 0.15) is 0 Å². The molecule has 2 atom stereocenters. The molecule has 0 radical (unpaired) electrons. The third kappa shape index (κ3) is 5.10. The average molecular weight is 383 g/mol.